The maximum absolute atomic E-state index is 12.9. The molecule has 6 heteroatoms. The van der Waals surface area contributed by atoms with Crippen LogP contribution in [0.15, 0.2) is 53.4 Å². The molecule has 2 N–H and O–H groups in total. The van der Waals surface area contributed by atoms with Gasteiger partial charge in [-0.3, -0.25) is 0 Å². The highest BCUT2D eigenvalue weighted by molar-refractivity contribution is 7.92. The summed E-state index contributed by atoms with van der Waals surface area (Å²) in [6, 6.07) is 15.3. The van der Waals surface area contributed by atoms with Crippen LogP contribution in [0.5, 0.6) is 0 Å². The van der Waals surface area contributed by atoms with Crippen LogP contribution in [0.2, 0.25) is 5.02 Å². The van der Waals surface area contributed by atoms with Crippen molar-refractivity contribution in [3.05, 3.63) is 64.7 Å². The fourth-order valence-corrected chi connectivity index (χ4v) is 5.25. The molecule has 1 saturated carbocycles. The number of nitriles is 1. The molecule has 1 aliphatic rings. The van der Waals surface area contributed by atoms with E-state index in [1.807, 2.05) is 13.0 Å². The molecule has 0 saturated heterocycles. The van der Waals surface area contributed by atoms with E-state index in [0.29, 0.717) is 10.6 Å². The highest BCUT2D eigenvalue weighted by Crippen LogP contribution is 2.55. The Kier molecular flexibility index (Phi) is 3.72. The fraction of sp³-hybridized carbons (Fsp3) is 0.235. The van der Waals surface area contributed by atoms with Crippen LogP contribution in [0.3, 0.4) is 0 Å². The highest BCUT2D eigenvalue weighted by atomic mass is 35.5. The van der Waals surface area contributed by atoms with Crippen molar-refractivity contribution in [1.29, 1.82) is 5.26 Å². The molecule has 0 spiro atoms. The molecule has 0 amide bonds. The molecule has 1 fully saturated rings. The third-order valence-corrected chi connectivity index (χ3v) is 6.80. The Labute approximate surface area is 140 Å². The summed E-state index contributed by atoms with van der Waals surface area (Å²) in [5.41, 5.74) is 6.34. The van der Waals surface area contributed by atoms with E-state index >= 15 is 0 Å². The molecule has 0 unspecified atom stereocenters. The quantitative estimate of drug-likeness (QED) is 0.926. The first-order valence-electron chi connectivity index (χ1n) is 7.07. The summed E-state index contributed by atoms with van der Waals surface area (Å²) in [5, 5.41) is 9.00. The summed E-state index contributed by atoms with van der Waals surface area (Å²) >= 11 is 5.86. The molecular weight excluding hydrogens is 332 g/mol. The smallest absolute Gasteiger partial charge is 0.184 e. The SMILES string of the molecule is Cc1ccc(S(=O)(=O)[C@@H]2[C@@H](c3ccc(Cl)cc3)[C@]2(N)C#N)cc1. The van der Waals surface area contributed by atoms with Crippen LogP contribution in [-0.2, 0) is 9.84 Å². The number of nitrogens with zero attached hydrogens (tertiary/aromatic N) is 1. The Balaban J connectivity index is 2.03. The van der Waals surface area contributed by atoms with Gasteiger partial charge in [-0.15, -0.1) is 0 Å². The first-order valence-corrected chi connectivity index (χ1v) is 8.99. The van der Waals surface area contributed by atoms with Gasteiger partial charge >= 0.3 is 0 Å². The molecule has 3 atom stereocenters. The number of rotatable bonds is 3. The van der Waals surface area contributed by atoms with Gasteiger partial charge in [-0.2, -0.15) is 5.26 Å². The first-order chi connectivity index (χ1) is 10.8. The van der Waals surface area contributed by atoms with Gasteiger partial charge in [0.1, 0.15) is 10.8 Å². The van der Waals surface area contributed by atoms with Crippen LogP contribution < -0.4 is 5.73 Å². The topological polar surface area (TPSA) is 83.9 Å². The third kappa shape index (κ3) is 2.53. The summed E-state index contributed by atoms with van der Waals surface area (Å²) in [6.45, 7) is 1.88. The minimum atomic E-state index is -3.69. The second kappa shape index (κ2) is 5.34. The zero-order valence-corrected chi connectivity index (χ0v) is 14.0. The Morgan fingerprint density at radius 2 is 1.70 bits per heavy atom. The standard InChI is InChI=1S/C17H15ClN2O2S/c1-11-2-8-14(9-3-11)23(21,22)16-15(17(16,20)10-19)12-4-6-13(18)7-5-12/h2-9,15-16H,20H2,1H3/t15-,16-,17-/m1/s1. The van der Waals surface area contributed by atoms with Crippen molar-refractivity contribution < 1.29 is 8.42 Å². The normalized spacial score (nSPS) is 26.5. The molecule has 3 rings (SSSR count). The molecule has 1 aliphatic carbocycles. The van der Waals surface area contributed by atoms with Crippen LogP contribution in [0, 0.1) is 18.3 Å². The molecule has 2 aromatic carbocycles. The molecule has 0 heterocycles. The number of sulfone groups is 1. The van der Waals surface area contributed by atoms with Gasteiger partial charge < -0.3 is 5.73 Å². The zero-order chi connectivity index (χ0) is 16.8. The van der Waals surface area contributed by atoms with Crippen molar-refractivity contribution in [2.45, 2.75) is 28.5 Å². The lowest BCUT2D eigenvalue weighted by Crippen LogP contribution is -2.29. The molecular formula is C17H15ClN2O2S. The van der Waals surface area contributed by atoms with E-state index in [4.69, 9.17) is 17.3 Å². The van der Waals surface area contributed by atoms with E-state index in [0.717, 1.165) is 5.56 Å². The minimum absolute atomic E-state index is 0.189. The lowest BCUT2D eigenvalue weighted by atomic mass is 10.1. The number of hydrogen-bond donors (Lipinski definition) is 1. The Hall–Kier alpha value is -1.87. The largest absolute Gasteiger partial charge is 0.312 e. The molecule has 2 aromatic rings. The summed E-state index contributed by atoms with van der Waals surface area (Å²) in [5.74, 6) is -0.559. The van der Waals surface area contributed by atoms with E-state index in [2.05, 4.69) is 0 Å². The predicted octanol–water partition coefficient (Wildman–Crippen LogP) is 2.81. The van der Waals surface area contributed by atoms with Crippen LogP contribution in [-0.4, -0.2) is 19.2 Å². The summed E-state index contributed by atoms with van der Waals surface area (Å²) in [4.78, 5) is 0.189. The monoisotopic (exact) mass is 346 g/mol. The van der Waals surface area contributed by atoms with E-state index in [-0.39, 0.29) is 4.90 Å². The van der Waals surface area contributed by atoms with E-state index in [1.165, 1.54) is 0 Å². The molecule has 4 nitrogen and oxygen atoms in total. The lowest BCUT2D eigenvalue weighted by molar-refractivity contribution is 0.592. The molecule has 0 aromatic heterocycles. The van der Waals surface area contributed by atoms with Crippen molar-refractivity contribution in [1.82, 2.24) is 0 Å². The average Bonchev–Trinajstić information content (AvgIpc) is 3.16. The van der Waals surface area contributed by atoms with Crippen LogP contribution in [0.25, 0.3) is 0 Å². The number of benzene rings is 2. The van der Waals surface area contributed by atoms with Crippen molar-refractivity contribution in [2.75, 3.05) is 0 Å². The molecule has 118 valence electrons. The average molecular weight is 347 g/mol. The Bertz CT molecular complexity index is 886. The van der Waals surface area contributed by atoms with Crippen molar-refractivity contribution in [3.8, 4) is 6.07 Å². The highest BCUT2D eigenvalue weighted by Gasteiger charge is 2.70. The van der Waals surface area contributed by atoms with Gasteiger partial charge in [-0.25, -0.2) is 8.42 Å². The third-order valence-electron chi connectivity index (χ3n) is 4.29. The van der Waals surface area contributed by atoms with Crippen LogP contribution in [0.4, 0.5) is 0 Å². The number of aryl methyl sites for hydroxylation is 1. The Morgan fingerprint density at radius 3 is 2.22 bits per heavy atom. The lowest BCUT2D eigenvalue weighted by Gasteiger charge is -2.05. The van der Waals surface area contributed by atoms with Gasteiger partial charge in [0, 0.05) is 10.9 Å². The predicted molar refractivity (Wildman–Crippen MR) is 88.9 cm³/mol. The van der Waals surface area contributed by atoms with Crippen LogP contribution in [0.1, 0.15) is 17.0 Å². The second-order valence-electron chi connectivity index (χ2n) is 5.85. The van der Waals surface area contributed by atoms with Gasteiger partial charge in [0.2, 0.25) is 0 Å². The summed E-state index contributed by atoms with van der Waals surface area (Å²) < 4.78 is 25.7. The van der Waals surface area contributed by atoms with Crippen LogP contribution >= 0.6 is 11.6 Å². The minimum Gasteiger partial charge on any atom is -0.312 e. The number of nitrogens with two attached hydrogens (primary N) is 1. The zero-order valence-electron chi connectivity index (χ0n) is 12.4. The number of halogens is 1. The van der Waals surface area contributed by atoms with E-state index < -0.39 is 26.5 Å². The maximum Gasteiger partial charge on any atom is 0.184 e. The van der Waals surface area contributed by atoms with Gasteiger partial charge in [0.25, 0.3) is 0 Å². The van der Waals surface area contributed by atoms with Gasteiger partial charge in [-0.1, -0.05) is 41.4 Å². The van der Waals surface area contributed by atoms with E-state index in [9.17, 15) is 13.7 Å². The van der Waals surface area contributed by atoms with Crippen molar-refractivity contribution in [3.63, 3.8) is 0 Å². The van der Waals surface area contributed by atoms with Crippen molar-refractivity contribution in [2.24, 2.45) is 5.73 Å². The van der Waals surface area contributed by atoms with Gasteiger partial charge in [0.05, 0.1) is 11.0 Å². The Morgan fingerprint density at radius 1 is 1.13 bits per heavy atom. The molecule has 0 bridgehead atoms. The van der Waals surface area contributed by atoms with Crippen molar-refractivity contribution >= 4 is 21.4 Å². The number of hydrogen-bond acceptors (Lipinski definition) is 4. The summed E-state index contributed by atoms with van der Waals surface area (Å²) in [7, 11) is -3.69. The summed E-state index contributed by atoms with van der Waals surface area (Å²) in [6.07, 6.45) is 0. The fourth-order valence-electron chi connectivity index (χ4n) is 2.94. The first kappa shape index (κ1) is 16.0. The van der Waals surface area contributed by atoms with Gasteiger partial charge in [-0.05, 0) is 36.8 Å². The molecule has 0 aliphatic heterocycles. The maximum atomic E-state index is 12.9. The van der Waals surface area contributed by atoms with E-state index in [1.54, 1.807) is 48.5 Å². The second-order valence-corrected chi connectivity index (χ2v) is 8.36. The van der Waals surface area contributed by atoms with Gasteiger partial charge in [0.15, 0.2) is 9.84 Å². The molecule has 23 heavy (non-hydrogen) atoms. The molecule has 0 radical (unpaired) electrons.